The first-order valence-corrected chi connectivity index (χ1v) is 7.91. The van der Waals surface area contributed by atoms with Crippen molar-refractivity contribution in [2.24, 2.45) is 28.6 Å². The molecule has 2 heteroatoms. The highest BCUT2D eigenvalue weighted by Gasteiger charge is 2.93. The van der Waals surface area contributed by atoms with Gasteiger partial charge in [-0.3, -0.25) is 0 Å². The van der Waals surface area contributed by atoms with Crippen LogP contribution in [0.2, 0.25) is 0 Å². The van der Waals surface area contributed by atoms with E-state index in [1.165, 1.54) is 0 Å². The summed E-state index contributed by atoms with van der Waals surface area (Å²) >= 11 is 0. The third kappa shape index (κ3) is 1.16. The Morgan fingerprint density at radius 3 is 2.15 bits per heavy atom. The molecule has 1 spiro atoms. The van der Waals surface area contributed by atoms with Crippen molar-refractivity contribution in [2.45, 2.75) is 57.7 Å². The number of fused-ring (bicyclic) bond motifs is 1. The first-order chi connectivity index (χ1) is 9.24. The molecule has 0 heterocycles. The van der Waals surface area contributed by atoms with Crippen molar-refractivity contribution in [1.82, 2.24) is 0 Å². The Balaban J connectivity index is 2.08. The van der Waals surface area contributed by atoms with Crippen LogP contribution in [-0.2, 0) is 0 Å². The van der Waals surface area contributed by atoms with Gasteiger partial charge in [-0.05, 0) is 42.9 Å². The molecule has 20 heavy (non-hydrogen) atoms. The summed E-state index contributed by atoms with van der Waals surface area (Å²) in [5, 5.41) is 22.4. The van der Waals surface area contributed by atoms with Gasteiger partial charge in [0.1, 0.15) is 0 Å². The Kier molecular flexibility index (Phi) is 2.71. The molecule has 112 valence electrons. The van der Waals surface area contributed by atoms with E-state index in [9.17, 15) is 10.2 Å². The first-order valence-electron chi connectivity index (χ1n) is 7.91. The van der Waals surface area contributed by atoms with Crippen LogP contribution in [0.15, 0.2) is 25.3 Å². The maximum absolute atomic E-state index is 11.2. The van der Waals surface area contributed by atoms with Crippen LogP contribution in [0.4, 0.5) is 0 Å². The molecule has 0 amide bonds. The largest absolute Gasteiger partial charge is 0.389 e. The lowest BCUT2D eigenvalue weighted by Gasteiger charge is -2.38. The molecular weight excluding hydrogens is 248 g/mol. The molecule has 0 saturated heterocycles. The van der Waals surface area contributed by atoms with Crippen LogP contribution in [0, 0.1) is 28.6 Å². The highest BCUT2D eigenvalue weighted by atomic mass is 16.3. The highest BCUT2D eigenvalue weighted by molar-refractivity contribution is 5.41. The summed E-state index contributed by atoms with van der Waals surface area (Å²) in [5.41, 5.74) is -1.46. The maximum Gasteiger partial charge on any atom is 0.0747 e. The molecule has 3 rings (SSSR count). The molecule has 0 bridgehead atoms. The zero-order valence-corrected chi connectivity index (χ0v) is 13.0. The molecule has 0 aromatic heterocycles. The lowest BCUT2D eigenvalue weighted by Crippen LogP contribution is -2.44. The van der Waals surface area contributed by atoms with Gasteiger partial charge >= 0.3 is 0 Å². The van der Waals surface area contributed by atoms with E-state index in [4.69, 9.17) is 0 Å². The predicted octanol–water partition coefficient (Wildman–Crippen LogP) is 3.30. The van der Waals surface area contributed by atoms with Crippen molar-refractivity contribution >= 4 is 0 Å². The lowest BCUT2D eigenvalue weighted by atomic mass is 9.72. The van der Waals surface area contributed by atoms with Gasteiger partial charge in [0.25, 0.3) is 0 Å². The lowest BCUT2D eigenvalue weighted by molar-refractivity contribution is -0.0734. The zero-order chi connectivity index (χ0) is 15.0. The average molecular weight is 276 g/mol. The second kappa shape index (κ2) is 3.78. The highest BCUT2D eigenvalue weighted by Crippen LogP contribution is 2.91. The zero-order valence-electron chi connectivity index (χ0n) is 13.0. The molecule has 0 aromatic rings. The fourth-order valence-electron chi connectivity index (χ4n) is 7.10. The Hall–Kier alpha value is -0.600. The molecule has 0 radical (unpaired) electrons. The topological polar surface area (TPSA) is 40.5 Å². The Bertz CT molecular complexity index is 466. The van der Waals surface area contributed by atoms with Crippen molar-refractivity contribution in [2.75, 3.05) is 0 Å². The van der Waals surface area contributed by atoms with Gasteiger partial charge in [-0.1, -0.05) is 32.9 Å². The Morgan fingerprint density at radius 1 is 1.05 bits per heavy atom. The minimum atomic E-state index is -0.706. The smallest absolute Gasteiger partial charge is 0.0747 e. The predicted molar refractivity (Wildman–Crippen MR) is 81.1 cm³/mol. The third-order valence-electron chi connectivity index (χ3n) is 7.29. The second-order valence-electron chi connectivity index (χ2n) is 7.90. The van der Waals surface area contributed by atoms with Gasteiger partial charge in [0.2, 0.25) is 0 Å². The van der Waals surface area contributed by atoms with Crippen molar-refractivity contribution < 1.29 is 10.2 Å². The van der Waals surface area contributed by atoms with Gasteiger partial charge in [0.05, 0.1) is 11.2 Å². The van der Waals surface area contributed by atoms with Crippen LogP contribution in [0.5, 0.6) is 0 Å². The minimum absolute atomic E-state index is 0.0997. The first kappa shape index (κ1) is 14.3. The van der Waals surface area contributed by atoms with Gasteiger partial charge in [-0.2, -0.15) is 0 Å². The molecular formula is C18H28O2. The van der Waals surface area contributed by atoms with Crippen LogP contribution in [0.3, 0.4) is 0 Å². The fourth-order valence-corrected chi connectivity index (χ4v) is 7.10. The van der Waals surface area contributed by atoms with Crippen LogP contribution in [0.25, 0.3) is 0 Å². The van der Waals surface area contributed by atoms with E-state index in [1.807, 2.05) is 12.2 Å². The quantitative estimate of drug-likeness (QED) is 0.773. The van der Waals surface area contributed by atoms with E-state index in [2.05, 4.69) is 33.9 Å². The summed E-state index contributed by atoms with van der Waals surface area (Å²) < 4.78 is 0. The molecule has 0 aromatic carbocycles. The van der Waals surface area contributed by atoms with E-state index in [1.54, 1.807) is 0 Å². The van der Waals surface area contributed by atoms with Gasteiger partial charge in [0.15, 0.2) is 0 Å². The van der Waals surface area contributed by atoms with E-state index >= 15 is 0 Å². The summed E-state index contributed by atoms with van der Waals surface area (Å²) in [6.45, 7) is 14.4. The summed E-state index contributed by atoms with van der Waals surface area (Å²) in [6, 6.07) is 0. The number of hydrogen-bond acceptors (Lipinski definition) is 2. The SMILES string of the molecule is C=CC[C@]1(O)C[C@@H](C)C23C1C2(C)[C@](O)(CC=C)C[C@H]3C. The Labute approximate surface area is 122 Å². The molecule has 3 aliphatic rings. The van der Waals surface area contributed by atoms with E-state index in [0.29, 0.717) is 24.7 Å². The van der Waals surface area contributed by atoms with Crippen molar-refractivity contribution in [1.29, 1.82) is 0 Å². The number of hydrogen-bond donors (Lipinski definition) is 2. The molecule has 3 saturated carbocycles. The van der Waals surface area contributed by atoms with Gasteiger partial charge < -0.3 is 10.2 Å². The van der Waals surface area contributed by atoms with E-state index in [0.717, 1.165) is 12.8 Å². The van der Waals surface area contributed by atoms with Crippen molar-refractivity contribution in [3.8, 4) is 0 Å². The molecule has 2 N–H and O–H groups in total. The molecule has 3 aliphatic carbocycles. The summed E-state index contributed by atoms with van der Waals surface area (Å²) in [5.74, 6) is 1.11. The average Bonchev–Trinajstić information content (AvgIpc) is 2.78. The number of aliphatic hydroxyl groups is 2. The minimum Gasteiger partial charge on any atom is -0.389 e. The maximum atomic E-state index is 11.2. The molecule has 7 atom stereocenters. The van der Waals surface area contributed by atoms with Gasteiger partial charge in [-0.25, -0.2) is 0 Å². The normalized spacial score (nSPS) is 60.0. The van der Waals surface area contributed by atoms with Crippen molar-refractivity contribution in [3.63, 3.8) is 0 Å². The van der Waals surface area contributed by atoms with E-state index < -0.39 is 11.2 Å². The second-order valence-corrected chi connectivity index (χ2v) is 7.90. The van der Waals surface area contributed by atoms with Crippen LogP contribution in [-0.4, -0.2) is 21.4 Å². The summed E-state index contributed by atoms with van der Waals surface area (Å²) in [4.78, 5) is 0. The molecule has 3 fully saturated rings. The summed E-state index contributed by atoms with van der Waals surface area (Å²) in [7, 11) is 0. The molecule has 2 nitrogen and oxygen atoms in total. The van der Waals surface area contributed by atoms with Crippen molar-refractivity contribution in [3.05, 3.63) is 25.3 Å². The fraction of sp³-hybridized carbons (Fsp3) is 0.778. The molecule has 3 unspecified atom stereocenters. The van der Waals surface area contributed by atoms with Gasteiger partial charge in [0, 0.05) is 11.3 Å². The number of rotatable bonds is 4. The summed E-state index contributed by atoms with van der Waals surface area (Å²) in [6.07, 6.45) is 6.61. The Morgan fingerprint density at radius 2 is 1.60 bits per heavy atom. The standard InChI is InChI=1S/C18H28O2/c1-6-8-16(19)10-12(3)18-13(4)11-17(20,9-7-2)15(18,5)14(16)18/h6-7,12-14,19-20H,1-2,8-11H2,3-5H3/t12-,13-,14?,15?,16+,17+,18?/m1/s1. The molecule has 0 aliphatic heterocycles. The van der Waals surface area contributed by atoms with Crippen LogP contribution in [0.1, 0.15) is 46.5 Å². The van der Waals surface area contributed by atoms with Crippen LogP contribution >= 0.6 is 0 Å². The van der Waals surface area contributed by atoms with Gasteiger partial charge in [-0.15, -0.1) is 13.2 Å². The third-order valence-corrected chi connectivity index (χ3v) is 7.29. The van der Waals surface area contributed by atoms with E-state index in [-0.39, 0.29) is 16.7 Å². The van der Waals surface area contributed by atoms with Crippen LogP contribution < -0.4 is 0 Å². The monoisotopic (exact) mass is 276 g/mol.